The van der Waals surface area contributed by atoms with Crippen LogP contribution in [0.25, 0.3) is 0 Å². The second kappa shape index (κ2) is 12.5. The molecular formula is C39H55NO2Si. The van der Waals surface area contributed by atoms with E-state index in [0.717, 1.165) is 18.9 Å². The van der Waals surface area contributed by atoms with Gasteiger partial charge >= 0.3 is 0 Å². The third kappa shape index (κ3) is 6.12. The van der Waals surface area contributed by atoms with Crippen molar-refractivity contribution >= 4 is 18.7 Å². The predicted octanol–water partition coefficient (Wildman–Crippen LogP) is 8.22. The molecule has 0 spiro atoms. The highest BCUT2D eigenvalue weighted by molar-refractivity contribution is 6.99. The second-order valence-electron chi connectivity index (χ2n) is 15.4. The molecule has 0 bridgehead atoms. The Morgan fingerprint density at radius 1 is 0.837 bits per heavy atom. The lowest BCUT2D eigenvalue weighted by Gasteiger charge is -2.61. The van der Waals surface area contributed by atoms with Gasteiger partial charge in [0.05, 0.1) is 7.11 Å². The van der Waals surface area contributed by atoms with Crippen molar-refractivity contribution in [1.82, 2.24) is 5.32 Å². The zero-order chi connectivity index (χ0) is 30.9. The maximum absolute atomic E-state index is 7.69. The predicted molar refractivity (Wildman–Crippen MR) is 184 cm³/mol. The van der Waals surface area contributed by atoms with Gasteiger partial charge in [0, 0.05) is 19.2 Å². The fraction of sp³-hybridized carbons (Fsp3) is 0.538. The number of ether oxygens (including phenoxy) is 1. The lowest BCUT2D eigenvalue weighted by Crippen LogP contribution is -2.68. The largest absolute Gasteiger partial charge is 0.497 e. The Kier molecular flexibility index (Phi) is 9.33. The van der Waals surface area contributed by atoms with E-state index >= 15 is 0 Å². The molecule has 0 heterocycles. The van der Waals surface area contributed by atoms with Gasteiger partial charge in [-0.15, -0.1) is 0 Å². The van der Waals surface area contributed by atoms with Crippen LogP contribution in [0.3, 0.4) is 0 Å². The number of nitrogens with one attached hydrogen (secondary N) is 1. The van der Waals surface area contributed by atoms with E-state index in [1.54, 1.807) is 7.11 Å². The van der Waals surface area contributed by atoms with Crippen LogP contribution in [0.4, 0.5) is 0 Å². The smallest absolute Gasteiger partial charge is 0.261 e. The van der Waals surface area contributed by atoms with Crippen LogP contribution >= 0.6 is 0 Å². The minimum Gasteiger partial charge on any atom is -0.497 e. The zero-order valence-electron chi connectivity index (χ0n) is 28.0. The van der Waals surface area contributed by atoms with E-state index in [2.05, 4.69) is 139 Å². The maximum Gasteiger partial charge on any atom is 0.261 e. The molecule has 3 aromatic carbocycles. The summed E-state index contributed by atoms with van der Waals surface area (Å²) in [4.78, 5) is 0. The van der Waals surface area contributed by atoms with Gasteiger partial charge in [0.1, 0.15) is 5.75 Å². The van der Waals surface area contributed by atoms with Crippen molar-refractivity contribution in [2.45, 2.75) is 91.8 Å². The molecule has 2 saturated carbocycles. The summed E-state index contributed by atoms with van der Waals surface area (Å²) in [5.41, 5.74) is 1.89. The molecule has 0 amide bonds. The first-order valence-corrected chi connectivity index (χ1v) is 18.4. The Labute approximate surface area is 262 Å². The molecule has 1 N–H and O–H groups in total. The highest BCUT2D eigenvalue weighted by Gasteiger charge is 2.58. The number of hydrogen-bond acceptors (Lipinski definition) is 3. The van der Waals surface area contributed by atoms with Gasteiger partial charge in [-0.25, -0.2) is 0 Å². The molecule has 0 aliphatic heterocycles. The molecule has 2 aliphatic rings. The molecule has 3 aromatic rings. The number of hydrogen-bond donors (Lipinski definition) is 1. The molecule has 1 unspecified atom stereocenters. The standard InChI is InChI=1S/C39H55NO2Si/c1-29-34(28-42-43(37(2,3)4,32-16-11-9-12-17-32)33-18-13-10-14-19-33)39(7)25-15-24-38(5,6)36(39)26-35(29)40-27-30-20-22-31(41-8)23-21-30/h9-14,16-23,29,34-36,40H,15,24-28H2,1-8H3/t29-,34-,35+,36?,39+/m0/s1. The van der Waals surface area contributed by atoms with Crippen molar-refractivity contribution in [3.63, 3.8) is 0 Å². The van der Waals surface area contributed by atoms with Gasteiger partial charge in [0.15, 0.2) is 0 Å². The summed E-state index contributed by atoms with van der Waals surface area (Å²) in [5, 5.41) is 6.77. The van der Waals surface area contributed by atoms with Crippen molar-refractivity contribution in [2.75, 3.05) is 13.7 Å². The van der Waals surface area contributed by atoms with E-state index in [1.807, 2.05) is 0 Å². The summed E-state index contributed by atoms with van der Waals surface area (Å²) in [6.07, 6.45) is 5.16. The van der Waals surface area contributed by atoms with Crippen LogP contribution in [0.1, 0.15) is 79.7 Å². The topological polar surface area (TPSA) is 30.5 Å². The number of rotatable bonds is 9. The monoisotopic (exact) mass is 597 g/mol. The van der Waals surface area contributed by atoms with E-state index < -0.39 is 8.32 Å². The minimum atomic E-state index is -2.62. The first kappa shape index (κ1) is 32.0. The molecule has 2 fully saturated rings. The highest BCUT2D eigenvalue weighted by atomic mass is 28.4. The summed E-state index contributed by atoms with van der Waals surface area (Å²) in [6, 6.07) is 31.3. The van der Waals surface area contributed by atoms with E-state index in [9.17, 15) is 0 Å². The van der Waals surface area contributed by atoms with E-state index in [4.69, 9.17) is 9.16 Å². The van der Waals surface area contributed by atoms with Gasteiger partial charge in [-0.05, 0) is 81.0 Å². The number of fused-ring (bicyclic) bond motifs is 1. The molecule has 0 radical (unpaired) electrons. The fourth-order valence-corrected chi connectivity index (χ4v) is 13.7. The Hall–Kier alpha value is -2.40. The quantitative estimate of drug-likeness (QED) is 0.252. The fourth-order valence-electron chi connectivity index (χ4n) is 9.13. The van der Waals surface area contributed by atoms with Crippen molar-refractivity contribution in [3.05, 3.63) is 90.5 Å². The molecule has 0 saturated heterocycles. The number of methoxy groups -OCH3 is 1. The first-order valence-electron chi connectivity index (χ1n) is 16.5. The van der Waals surface area contributed by atoms with E-state index in [0.29, 0.717) is 29.2 Å². The average Bonchev–Trinajstić information content (AvgIpc) is 2.98. The summed E-state index contributed by atoms with van der Waals surface area (Å²) in [5.74, 6) is 2.55. The molecule has 5 rings (SSSR count). The molecule has 0 aromatic heterocycles. The summed E-state index contributed by atoms with van der Waals surface area (Å²) < 4.78 is 13.1. The van der Waals surface area contributed by atoms with E-state index in [-0.39, 0.29) is 10.5 Å². The van der Waals surface area contributed by atoms with Gasteiger partial charge in [0.2, 0.25) is 0 Å². The zero-order valence-corrected chi connectivity index (χ0v) is 29.0. The summed E-state index contributed by atoms with van der Waals surface area (Å²) in [7, 11) is -0.892. The Balaban J connectivity index is 1.50. The lowest BCUT2D eigenvalue weighted by atomic mass is 9.46. The van der Waals surface area contributed by atoms with Crippen LogP contribution in [0.15, 0.2) is 84.9 Å². The summed E-state index contributed by atoms with van der Waals surface area (Å²) >= 11 is 0. The molecule has 5 atom stereocenters. The Morgan fingerprint density at radius 3 is 1.95 bits per heavy atom. The highest BCUT2D eigenvalue weighted by Crippen LogP contribution is 2.61. The summed E-state index contributed by atoms with van der Waals surface area (Å²) in [6.45, 7) is 19.1. The second-order valence-corrected chi connectivity index (χ2v) is 19.7. The van der Waals surface area contributed by atoms with E-state index in [1.165, 1.54) is 41.6 Å². The van der Waals surface area contributed by atoms with Crippen LogP contribution in [-0.4, -0.2) is 28.1 Å². The van der Waals surface area contributed by atoms with Crippen LogP contribution in [0.5, 0.6) is 5.75 Å². The van der Waals surface area contributed by atoms with Crippen molar-refractivity contribution < 1.29 is 9.16 Å². The van der Waals surface area contributed by atoms with Crippen LogP contribution < -0.4 is 20.4 Å². The number of benzene rings is 3. The molecule has 4 heteroatoms. The average molecular weight is 598 g/mol. The maximum atomic E-state index is 7.69. The first-order chi connectivity index (χ1) is 20.4. The van der Waals surface area contributed by atoms with Crippen LogP contribution in [0, 0.1) is 28.6 Å². The van der Waals surface area contributed by atoms with Gasteiger partial charge in [-0.2, -0.15) is 0 Å². The van der Waals surface area contributed by atoms with Crippen molar-refractivity contribution in [2.24, 2.45) is 28.6 Å². The molecule has 3 nitrogen and oxygen atoms in total. The molecular weight excluding hydrogens is 543 g/mol. The van der Waals surface area contributed by atoms with Crippen LogP contribution in [0.2, 0.25) is 5.04 Å². The van der Waals surface area contributed by atoms with Gasteiger partial charge in [-0.3, -0.25) is 0 Å². The lowest BCUT2D eigenvalue weighted by molar-refractivity contribution is -0.118. The minimum absolute atomic E-state index is 0.0221. The SMILES string of the molecule is COc1ccc(CN[C@@H]2CC3C(C)(C)CCC[C@]3(C)[C@@H](CO[Si](c3ccccc3)(c3ccccc3)C(C)(C)C)[C@@H]2C)cc1. The molecule has 232 valence electrons. The molecule has 43 heavy (non-hydrogen) atoms. The van der Waals surface area contributed by atoms with Crippen molar-refractivity contribution in [3.8, 4) is 5.75 Å². The van der Waals surface area contributed by atoms with Gasteiger partial charge in [0.25, 0.3) is 8.32 Å². The Bertz CT molecular complexity index is 1280. The van der Waals surface area contributed by atoms with Crippen molar-refractivity contribution in [1.29, 1.82) is 0 Å². The Morgan fingerprint density at radius 2 is 1.42 bits per heavy atom. The third-order valence-electron chi connectivity index (χ3n) is 11.5. The van der Waals surface area contributed by atoms with Gasteiger partial charge in [-0.1, -0.05) is 128 Å². The third-order valence-corrected chi connectivity index (χ3v) is 16.5. The van der Waals surface area contributed by atoms with Gasteiger partial charge < -0.3 is 14.5 Å². The van der Waals surface area contributed by atoms with Crippen LogP contribution in [-0.2, 0) is 11.0 Å². The molecule has 2 aliphatic carbocycles. The normalized spacial score (nSPS) is 27.3.